The zero-order chi connectivity index (χ0) is 13.7. The van der Waals surface area contributed by atoms with Gasteiger partial charge in [0.15, 0.2) is 0 Å². The first-order chi connectivity index (χ1) is 8.45. The topological polar surface area (TPSA) is 78.6 Å². The number of anilines is 2. The summed E-state index contributed by atoms with van der Waals surface area (Å²) >= 11 is 0. The summed E-state index contributed by atoms with van der Waals surface area (Å²) in [4.78, 5) is 13.5. The SMILES string of the molecule is CC(C(=O)Nc1cc(N)ccc1F)N(C)CCO. The van der Waals surface area contributed by atoms with Gasteiger partial charge in [0.1, 0.15) is 5.82 Å². The number of benzene rings is 1. The van der Waals surface area contributed by atoms with Crippen molar-refractivity contribution in [1.82, 2.24) is 4.90 Å². The number of aliphatic hydroxyl groups is 1. The second kappa shape index (κ2) is 6.32. The highest BCUT2D eigenvalue weighted by molar-refractivity contribution is 5.95. The van der Waals surface area contributed by atoms with Gasteiger partial charge in [0.2, 0.25) is 5.91 Å². The predicted octanol–water partition coefficient (Wildman–Crippen LogP) is 0.659. The highest BCUT2D eigenvalue weighted by Crippen LogP contribution is 2.17. The van der Waals surface area contributed by atoms with Gasteiger partial charge in [0.25, 0.3) is 0 Å². The quantitative estimate of drug-likeness (QED) is 0.675. The lowest BCUT2D eigenvalue weighted by Crippen LogP contribution is -2.41. The number of nitrogens with two attached hydrogens (primary N) is 1. The summed E-state index contributed by atoms with van der Waals surface area (Å²) in [6.45, 7) is 2.00. The van der Waals surface area contributed by atoms with Gasteiger partial charge in [-0.2, -0.15) is 0 Å². The largest absolute Gasteiger partial charge is 0.399 e. The molecule has 6 heteroatoms. The summed E-state index contributed by atoms with van der Waals surface area (Å²) in [5.41, 5.74) is 5.96. The van der Waals surface area contributed by atoms with Crippen molar-refractivity contribution in [2.24, 2.45) is 0 Å². The first kappa shape index (κ1) is 14.4. The monoisotopic (exact) mass is 255 g/mol. The van der Waals surface area contributed by atoms with E-state index < -0.39 is 11.9 Å². The van der Waals surface area contributed by atoms with E-state index in [9.17, 15) is 9.18 Å². The smallest absolute Gasteiger partial charge is 0.241 e. The summed E-state index contributed by atoms with van der Waals surface area (Å²) in [6.07, 6.45) is 0. The van der Waals surface area contributed by atoms with E-state index >= 15 is 0 Å². The maximum absolute atomic E-state index is 13.4. The lowest BCUT2D eigenvalue weighted by molar-refractivity contribution is -0.120. The molecule has 0 saturated carbocycles. The van der Waals surface area contributed by atoms with E-state index in [1.165, 1.54) is 18.2 Å². The van der Waals surface area contributed by atoms with E-state index in [4.69, 9.17) is 10.8 Å². The van der Waals surface area contributed by atoms with Gasteiger partial charge in [-0.15, -0.1) is 0 Å². The summed E-state index contributed by atoms with van der Waals surface area (Å²) in [7, 11) is 1.70. The first-order valence-corrected chi connectivity index (χ1v) is 5.62. The van der Waals surface area contributed by atoms with E-state index in [-0.39, 0.29) is 18.2 Å². The lowest BCUT2D eigenvalue weighted by atomic mass is 10.2. The number of aliphatic hydroxyl groups excluding tert-OH is 1. The molecule has 100 valence electrons. The van der Waals surface area contributed by atoms with Gasteiger partial charge in [0, 0.05) is 12.2 Å². The molecule has 1 rings (SSSR count). The predicted molar refractivity (Wildman–Crippen MR) is 68.6 cm³/mol. The zero-order valence-electron chi connectivity index (χ0n) is 10.5. The van der Waals surface area contributed by atoms with Crippen LogP contribution < -0.4 is 11.1 Å². The van der Waals surface area contributed by atoms with E-state index in [1.54, 1.807) is 18.9 Å². The van der Waals surface area contributed by atoms with Crippen molar-refractivity contribution in [2.45, 2.75) is 13.0 Å². The molecule has 1 unspecified atom stereocenters. The van der Waals surface area contributed by atoms with Crippen molar-refractivity contribution in [1.29, 1.82) is 0 Å². The van der Waals surface area contributed by atoms with Gasteiger partial charge < -0.3 is 16.2 Å². The van der Waals surface area contributed by atoms with Gasteiger partial charge in [-0.25, -0.2) is 4.39 Å². The van der Waals surface area contributed by atoms with Crippen LogP contribution in [0.15, 0.2) is 18.2 Å². The number of nitrogens with zero attached hydrogens (tertiary/aromatic N) is 1. The van der Waals surface area contributed by atoms with Gasteiger partial charge in [-0.1, -0.05) is 0 Å². The average Bonchev–Trinajstić information content (AvgIpc) is 2.33. The molecule has 18 heavy (non-hydrogen) atoms. The molecule has 1 amide bonds. The number of nitrogens with one attached hydrogen (secondary N) is 1. The highest BCUT2D eigenvalue weighted by atomic mass is 19.1. The van der Waals surface area contributed by atoms with Gasteiger partial charge in [-0.05, 0) is 32.2 Å². The van der Waals surface area contributed by atoms with Crippen molar-refractivity contribution < 1.29 is 14.3 Å². The van der Waals surface area contributed by atoms with Crippen LogP contribution in [0.2, 0.25) is 0 Å². The first-order valence-electron chi connectivity index (χ1n) is 5.62. The molecule has 0 aromatic heterocycles. The number of halogens is 1. The van der Waals surface area contributed by atoms with Crippen molar-refractivity contribution in [3.05, 3.63) is 24.0 Å². The van der Waals surface area contributed by atoms with Gasteiger partial charge in [-0.3, -0.25) is 9.69 Å². The minimum Gasteiger partial charge on any atom is -0.399 e. The number of rotatable bonds is 5. The Balaban J connectivity index is 2.72. The van der Waals surface area contributed by atoms with E-state index in [2.05, 4.69) is 5.32 Å². The fourth-order valence-electron chi connectivity index (χ4n) is 1.43. The summed E-state index contributed by atoms with van der Waals surface area (Å²) in [5, 5.41) is 11.3. The average molecular weight is 255 g/mol. The second-order valence-corrected chi connectivity index (χ2v) is 4.11. The third kappa shape index (κ3) is 3.68. The van der Waals surface area contributed by atoms with Crippen LogP contribution >= 0.6 is 0 Å². The molecule has 1 aromatic rings. The van der Waals surface area contributed by atoms with Crippen LogP contribution in [0.5, 0.6) is 0 Å². The number of amides is 1. The Morgan fingerprint density at radius 2 is 2.28 bits per heavy atom. The van der Waals surface area contributed by atoms with Gasteiger partial charge >= 0.3 is 0 Å². The molecule has 4 N–H and O–H groups in total. The Morgan fingerprint density at radius 3 is 2.89 bits per heavy atom. The number of carbonyl (C=O) groups excluding carboxylic acids is 1. The molecule has 0 radical (unpaired) electrons. The van der Waals surface area contributed by atoms with E-state index in [0.29, 0.717) is 12.2 Å². The van der Waals surface area contributed by atoms with Crippen molar-refractivity contribution >= 4 is 17.3 Å². The Hall–Kier alpha value is -1.66. The van der Waals surface area contributed by atoms with Crippen LogP contribution in [0.3, 0.4) is 0 Å². The maximum Gasteiger partial charge on any atom is 0.241 e. The number of likely N-dealkylation sites (N-methyl/N-ethyl adjacent to an activating group) is 1. The minimum atomic E-state index is -0.533. The van der Waals surface area contributed by atoms with Crippen LogP contribution in [0.1, 0.15) is 6.92 Å². The van der Waals surface area contributed by atoms with E-state index in [1.807, 2.05) is 0 Å². The number of nitrogen functional groups attached to an aromatic ring is 1. The summed E-state index contributed by atoms with van der Waals surface area (Å²) in [6, 6.07) is 3.52. The lowest BCUT2D eigenvalue weighted by Gasteiger charge is -2.22. The van der Waals surface area contributed by atoms with Crippen molar-refractivity contribution in [2.75, 3.05) is 31.2 Å². The number of hydrogen-bond donors (Lipinski definition) is 3. The maximum atomic E-state index is 13.4. The molecule has 0 saturated heterocycles. The zero-order valence-corrected chi connectivity index (χ0v) is 10.5. The number of carbonyl (C=O) groups is 1. The molecule has 0 aliphatic heterocycles. The standard InChI is InChI=1S/C12H18FN3O2/c1-8(16(2)5-6-17)12(18)15-11-7-9(14)3-4-10(11)13/h3-4,7-8,17H,5-6,14H2,1-2H3,(H,15,18). The number of hydrogen-bond acceptors (Lipinski definition) is 4. The third-order valence-electron chi connectivity index (χ3n) is 2.74. The fraction of sp³-hybridized carbons (Fsp3) is 0.417. The summed E-state index contributed by atoms with van der Waals surface area (Å²) in [5.74, 6) is -0.884. The Labute approximate surface area is 105 Å². The van der Waals surface area contributed by atoms with Crippen molar-refractivity contribution in [3.8, 4) is 0 Å². The molecule has 0 aliphatic rings. The molecule has 0 heterocycles. The van der Waals surface area contributed by atoms with Crippen LogP contribution in [0, 0.1) is 5.82 Å². The Bertz CT molecular complexity index is 426. The molecule has 0 bridgehead atoms. The van der Waals surface area contributed by atoms with Crippen LogP contribution in [0.25, 0.3) is 0 Å². The molecule has 1 atom stereocenters. The molecule has 1 aromatic carbocycles. The second-order valence-electron chi connectivity index (χ2n) is 4.11. The molecule has 0 fully saturated rings. The van der Waals surface area contributed by atoms with Crippen LogP contribution in [-0.4, -0.2) is 42.2 Å². The molecule has 5 nitrogen and oxygen atoms in total. The minimum absolute atomic E-state index is 0.0409. The Morgan fingerprint density at radius 1 is 1.61 bits per heavy atom. The van der Waals surface area contributed by atoms with Gasteiger partial charge in [0.05, 0.1) is 18.3 Å². The molecule has 0 spiro atoms. The van der Waals surface area contributed by atoms with Crippen molar-refractivity contribution in [3.63, 3.8) is 0 Å². The normalized spacial score (nSPS) is 12.5. The molecular weight excluding hydrogens is 237 g/mol. The Kier molecular flexibility index (Phi) is 5.06. The fourth-order valence-corrected chi connectivity index (χ4v) is 1.43. The van der Waals surface area contributed by atoms with Crippen LogP contribution in [-0.2, 0) is 4.79 Å². The third-order valence-corrected chi connectivity index (χ3v) is 2.74. The summed E-state index contributed by atoms with van der Waals surface area (Å²) < 4.78 is 13.4. The molecule has 0 aliphatic carbocycles. The molecular formula is C12H18FN3O2. The van der Waals surface area contributed by atoms with Crippen LogP contribution in [0.4, 0.5) is 15.8 Å². The van der Waals surface area contributed by atoms with E-state index in [0.717, 1.165) is 0 Å². The highest BCUT2D eigenvalue weighted by Gasteiger charge is 2.18.